The molecule has 15 heavy (non-hydrogen) atoms. The fourth-order valence-corrected chi connectivity index (χ4v) is 1.70. The smallest absolute Gasteiger partial charge is 0.428 e. The van der Waals surface area contributed by atoms with Gasteiger partial charge in [0.15, 0.2) is 0 Å². The Morgan fingerprint density at radius 3 is 2.07 bits per heavy atom. The predicted molar refractivity (Wildman–Crippen MR) is 48.2 cm³/mol. The molecule has 0 atom stereocenters. The fourth-order valence-electron chi connectivity index (χ4n) is 1.70. The highest BCUT2D eigenvalue weighted by Crippen LogP contribution is 2.46. The number of esters is 1. The van der Waals surface area contributed by atoms with E-state index in [2.05, 4.69) is 4.74 Å². The van der Waals surface area contributed by atoms with Gasteiger partial charge in [0.05, 0.1) is 5.92 Å². The third kappa shape index (κ3) is 2.44. The van der Waals surface area contributed by atoms with E-state index in [0.29, 0.717) is 12.8 Å². The van der Waals surface area contributed by atoms with Gasteiger partial charge in [-0.2, -0.15) is 13.2 Å². The molecule has 0 aromatic heterocycles. The largest absolute Gasteiger partial charge is 0.449 e. The zero-order valence-corrected chi connectivity index (χ0v) is 8.86. The van der Waals surface area contributed by atoms with E-state index in [4.69, 9.17) is 0 Å². The van der Waals surface area contributed by atoms with Crippen LogP contribution in [0.2, 0.25) is 0 Å². The lowest BCUT2D eigenvalue weighted by atomic mass is 10.0. The molecule has 1 aliphatic rings. The van der Waals surface area contributed by atoms with E-state index in [1.165, 1.54) is 13.8 Å². The Hall–Kier alpha value is -0.740. The molecule has 0 N–H and O–H groups in total. The number of halogens is 3. The number of rotatable bonds is 2. The second-order valence-corrected chi connectivity index (χ2v) is 4.27. The van der Waals surface area contributed by atoms with Gasteiger partial charge in [-0.15, -0.1) is 0 Å². The van der Waals surface area contributed by atoms with Crippen molar-refractivity contribution in [1.82, 2.24) is 0 Å². The van der Waals surface area contributed by atoms with Crippen LogP contribution in [0.3, 0.4) is 0 Å². The van der Waals surface area contributed by atoms with Crippen LogP contribution in [0, 0.1) is 5.92 Å². The molecular weight excluding hydrogens is 209 g/mol. The lowest BCUT2D eigenvalue weighted by molar-refractivity contribution is -0.269. The van der Waals surface area contributed by atoms with Gasteiger partial charge in [0.25, 0.3) is 0 Å². The van der Waals surface area contributed by atoms with Crippen LogP contribution in [0.5, 0.6) is 0 Å². The van der Waals surface area contributed by atoms with E-state index in [1.54, 1.807) is 0 Å². The SMILES string of the molecule is CC(C)C(=O)OC1(C(F)(F)F)CCCC1. The fraction of sp³-hybridized carbons (Fsp3) is 0.900. The van der Waals surface area contributed by atoms with E-state index in [-0.39, 0.29) is 12.8 Å². The highest BCUT2D eigenvalue weighted by Gasteiger charge is 2.59. The molecule has 0 heterocycles. The molecule has 1 saturated carbocycles. The van der Waals surface area contributed by atoms with Crippen molar-refractivity contribution in [2.45, 2.75) is 51.3 Å². The molecule has 0 amide bonds. The number of ether oxygens (including phenoxy) is 1. The Kier molecular flexibility index (Phi) is 3.31. The maximum Gasteiger partial charge on any atom is 0.428 e. The number of alkyl halides is 3. The molecular formula is C10H15F3O2. The Labute approximate surface area is 86.8 Å². The summed E-state index contributed by atoms with van der Waals surface area (Å²) < 4.78 is 42.9. The van der Waals surface area contributed by atoms with E-state index in [1.807, 2.05) is 0 Å². The lowest BCUT2D eigenvalue weighted by Gasteiger charge is -2.31. The average Bonchev–Trinajstić information content (AvgIpc) is 2.52. The first-order valence-electron chi connectivity index (χ1n) is 5.08. The number of hydrogen-bond acceptors (Lipinski definition) is 2. The number of carbonyl (C=O) groups excluding carboxylic acids is 1. The second-order valence-electron chi connectivity index (χ2n) is 4.27. The summed E-state index contributed by atoms with van der Waals surface area (Å²) >= 11 is 0. The number of carbonyl (C=O) groups is 1. The van der Waals surface area contributed by atoms with Crippen LogP contribution in [0.1, 0.15) is 39.5 Å². The maximum absolute atomic E-state index is 12.8. The zero-order chi connectivity index (χ0) is 11.7. The van der Waals surface area contributed by atoms with Crippen LogP contribution in [0.15, 0.2) is 0 Å². The van der Waals surface area contributed by atoms with Crippen LogP contribution in [-0.2, 0) is 9.53 Å². The topological polar surface area (TPSA) is 26.3 Å². The summed E-state index contributed by atoms with van der Waals surface area (Å²) in [5, 5.41) is 0. The number of hydrogen-bond donors (Lipinski definition) is 0. The van der Waals surface area contributed by atoms with Crippen LogP contribution in [0.4, 0.5) is 13.2 Å². The van der Waals surface area contributed by atoms with E-state index in [0.717, 1.165) is 0 Å². The van der Waals surface area contributed by atoms with Gasteiger partial charge in [-0.3, -0.25) is 4.79 Å². The first-order valence-corrected chi connectivity index (χ1v) is 5.08. The average molecular weight is 224 g/mol. The summed E-state index contributed by atoms with van der Waals surface area (Å²) in [5.41, 5.74) is -2.21. The lowest BCUT2D eigenvalue weighted by Crippen LogP contribution is -2.47. The van der Waals surface area contributed by atoms with Crippen molar-refractivity contribution >= 4 is 5.97 Å². The third-order valence-corrected chi connectivity index (χ3v) is 2.70. The highest BCUT2D eigenvalue weighted by atomic mass is 19.4. The van der Waals surface area contributed by atoms with E-state index < -0.39 is 23.7 Å². The minimum Gasteiger partial charge on any atom is -0.449 e. The van der Waals surface area contributed by atoms with Crippen molar-refractivity contribution in [3.63, 3.8) is 0 Å². The molecule has 1 rings (SSSR count). The molecule has 0 radical (unpaired) electrons. The highest BCUT2D eigenvalue weighted by molar-refractivity contribution is 5.72. The van der Waals surface area contributed by atoms with Gasteiger partial charge in [0, 0.05) is 0 Å². The molecule has 0 aromatic rings. The molecule has 1 aliphatic carbocycles. The standard InChI is InChI=1S/C10H15F3O2/c1-7(2)8(14)15-9(10(11,12)13)5-3-4-6-9/h7H,3-6H2,1-2H3. The zero-order valence-electron chi connectivity index (χ0n) is 8.86. The normalized spacial score (nSPS) is 20.7. The molecule has 1 fully saturated rings. The quantitative estimate of drug-likeness (QED) is 0.674. The van der Waals surface area contributed by atoms with Gasteiger partial charge >= 0.3 is 12.1 Å². The van der Waals surface area contributed by atoms with E-state index >= 15 is 0 Å². The van der Waals surface area contributed by atoms with Crippen LogP contribution >= 0.6 is 0 Å². The summed E-state index contributed by atoms with van der Waals surface area (Å²) in [6, 6.07) is 0. The Bertz CT molecular complexity index is 240. The van der Waals surface area contributed by atoms with Crippen molar-refractivity contribution in [2.75, 3.05) is 0 Å². The van der Waals surface area contributed by atoms with Gasteiger partial charge in [-0.05, 0) is 25.7 Å². The van der Waals surface area contributed by atoms with Crippen molar-refractivity contribution in [1.29, 1.82) is 0 Å². The molecule has 88 valence electrons. The van der Waals surface area contributed by atoms with E-state index in [9.17, 15) is 18.0 Å². The summed E-state index contributed by atoms with van der Waals surface area (Å²) in [6.45, 7) is 3.06. The maximum atomic E-state index is 12.8. The molecule has 0 bridgehead atoms. The van der Waals surface area contributed by atoms with Crippen molar-refractivity contribution in [3.05, 3.63) is 0 Å². The molecule has 0 spiro atoms. The Balaban J connectivity index is 2.79. The van der Waals surface area contributed by atoms with Crippen molar-refractivity contribution in [3.8, 4) is 0 Å². The van der Waals surface area contributed by atoms with Crippen LogP contribution < -0.4 is 0 Å². The Morgan fingerprint density at radius 1 is 1.27 bits per heavy atom. The molecule has 0 saturated heterocycles. The van der Waals surface area contributed by atoms with Crippen molar-refractivity contribution < 1.29 is 22.7 Å². The molecule has 0 aliphatic heterocycles. The molecule has 0 aromatic carbocycles. The summed E-state index contributed by atoms with van der Waals surface area (Å²) in [5.74, 6) is -1.29. The first kappa shape index (κ1) is 12.3. The Morgan fingerprint density at radius 2 is 1.73 bits per heavy atom. The van der Waals surface area contributed by atoms with Gasteiger partial charge in [0.1, 0.15) is 0 Å². The summed E-state index contributed by atoms with van der Waals surface area (Å²) in [4.78, 5) is 11.2. The minimum atomic E-state index is -4.45. The van der Waals surface area contributed by atoms with Gasteiger partial charge in [0.2, 0.25) is 5.60 Å². The minimum absolute atomic E-state index is 0.102. The first-order chi connectivity index (χ1) is 6.78. The van der Waals surface area contributed by atoms with Gasteiger partial charge in [-0.1, -0.05) is 13.8 Å². The monoisotopic (exact) mass is 224 g/mol. The molecule has 0 unspecified atom stereocenters. The van der Waals surface area contributed by atoms with Crippen LogP contribution in [0.25, 0.3) is 0 Å². The van der Waals surface area contributed by atoms with Gasteiger partial charge < -0.3 is 4.74 Å². The molecule has 5 heteroatoms. The third-order valence-electron chi connectivity index (χ3n) is 2.70. The van der Waals surface area contributed by atoms with Crippen LogP contribution in [-0.4, -0.2) is 17.7 Å². The second kappa shape index (κ2) is 4.02. The summed E-state index contributed by atoms with van der Waals surface area (Å²) in [7, 11) is 0. The predicted octanol–water partition coefficient (Wildman–Crippen LogP) is 3.06. The van der Waals surface area contributed by atoms with Crippen molar-refractivity contribution in [2.24, 2.45) is 5.92 Å². The molecule has 2 nitrogen and oxygen atoms in total. The van der Waals surface area contributed by atoms with Gasteiger partial charge in [-0.25, -0.2) is 0 Å². The summed E-state index contributed by atoms with van der Waals surface area (Å²) in [6.07, 6.45) is -3.73.